The second-order valence-electron chi connectivity index (χ2n) is 5.36. The number of aromatic nitrogens is 4. The van der Waals surface area contributed by atoms with Crippen LogP contribution in [0.15, 0.2) is 21.9 Å². The van der Waals surface area contributed by atoms with Crippen LogP contribution >= 0.6 is 0 Å². The zero-order chi connectivity index (χ0) is 15.6. The van der Waals surface area contributed by atoms with Gasteiger partial charge in [0.1, 0.15) is 11.5 Å². The van der Waals surface area contributed by atoms with Gasteiger partial charge in [-0.05, 0) is 12.0 Å². The second kappa shape index (κ2) is 5.86. The molecule has 0 aliphatic rings. The Kier molecular flexibility index (Phi) is 4.15. The smallest absolute Gasteiger partial charge is 0.330 e. The molecule has 114 valence electrons. The number of nitrogens with one attached hydrogen (secondary N) is 2. The Bertz CT molecular complexity index is 740. The fourth-order valence-corrected chi connectivity index (χ4v) is 2.04. The maximum absolute atomic E-state index is 11.9. The molecule has 0 amide bonds. The molecule has 2 aromatic rings. The quantitative estimate of drug-likeness (QED) is 0.725. The highest BCUT2D eigenvalue weighted by molar-refractivity contribution is 5.60. The summed E-state index contributed by atoms with van der Waals surface area (Å²) in [7, 11) is 1.81. The summed E-state index contributed by atoms with van der Waals surface area (Å²) in [6, 6.07) is 1.83. The maximum atomic E-state index is 11.9. The van der Waals surface area contributed by atoms with Crippen molar-refractivity contribution < 1.29 is 0 Å². The summed E-state index contributed by atoms with van der Waals surface area (Å²) in [6.07, 6.45) is 1.81. The van der Waals surface area contributed by atoms with Crippen molar-refractivity contribution >= 4 is 11.5 Å². The van der Waals surface area contributed by atoms with Crippen LogP contribution in [-0.2, 0) is 20.1 Å². The van der Waals surface area contributed by atoms with Crippen LogP contribution in [0.25, 0.3) is 0 Å². The second-order valence-corrected chi connectivity index (χ2v) is 5.36. The number of nitrogens with zero attached hydrogens (tertiary/aromatic N) is 3. The third-order valence-electron chi connectivity index (χ3n) is 3.00. The molecule has 0 aliphatic carbocycles. The fraction of sp³-hybridized carbons (Fsp3) is 0.462. The first kappa shape index (κ1) is 14.9. The van der Waals surface area contributed by atoms with Gasteiger partial charge in [-0.1, -0.05) is 13.8 Å². The minimum Gasteiger partial charge on any atom is -0.383 e. The lowest BCUT2D eigenvalue weighted by atomic mass is 10.2. The molecule has 2 aromatic heterocycles. The number of aryl methyl sites for hydroxylation is 1. The van der Waals surface area contributed by atoms with Crippen molar-refractivity contribution in [2.75, 3.05) is 11.1 Å². The normalized spacial score (nSPS) is 11.0. The van der Waals surface area contributed by atoms with Crippen LogP contribution in [0.4, 0.5) is 11.5 Å². The molecule has 8 heteroatoms. The van der Waals surface area contributed by atoms with Crippen molar-refractivity contribution in [3.8, 4) is 0 Å². The summed E-state index contributed by atoms with van der Waals surface area (Å²) in [5.41, 5.74) is 5.92. The largest absolute Gasteiger partial charge is 0.383 e. The van der Waals surface area contributed by atoms with Crippen molar-refractivity contribution in [3.63, 3.8) is 0 Å². The van der Waals surface area contributed by atoms with E-state index in [0.717, 1.165) is 5.69 Å². The van der Waals surface area contributed by atoms with E-state index in [1.807, 2.05) is 33.2 Å². The van der Waals surface area contributed by atoms with E-state index >= 15 is 0 Å². The molecular weight excluding hydrogens is 272 g/mol. The van der Waals surface area contributed by atoms with Gasteiger partial charge >= 0.3 is 5.69 Å². The lowest BCUT2D eigenvalue weighted by Gasteiger charge is -2.14. The molecule has 0 saturated heterocycles. The molecule has 0 aromatic carbocycles. The van der Waals surface area contributed by atoms with Gasteiger partial charge in [0.15, 0.2) is 0 Å². The van der Waals surface area contributed by atoms with Crippen LogP contribution in [0.2, 0.25) is 0 Å². The highest BCUT2D eigenvalue weighted by atomic mass is 16.2. The molecule has 0 atom stereocenters. The van der Waals surface area contributed by atoms with E-state index < -0.39 is 11.2 Å². The molecule has 0 bridgehead atoms. The summed E-state index contributed by atoms with van der Waals surface area (Å²) in [6.45, 7) is 4.74. The molecule has 0 unspecified atom stereocenters. The Hall–Kier alpha value is -2.51. The Balaban J connectivity index is 2.30. The van der Waals surface area contributed by atoms with Gasteiger partial charge in [-0.25, -0.2) is 4.79 Å². The zero-order valence-corrected chi connectivity index (χ0v) is 12.4. The first-order chi connectivity index (χ1) is 9.88. The van der Waals surface area contributed by atoms with Crippen LogP contribution in [-0.4, -0.2) is 19.3 Å². The van der Waals surface area contributed by atoms with Gasteiger partial charge in [0.2, 0.25) is 0 Å². The van der Waals surface area contributed by atoms with Crippen LogP contribution in [0.1, 0.15) is 19.5 Å². The molecule has 4 N–H and O–H groups in total. The molecule has 0 radical (unpaired) electrons. The number of hydrogen-bond acceptors (Lipinski definition) is 5. The first-order valence-electron chi connectivity index (χ1n) is 6.73. The lowest BCUT2D eigenvalue weighted by Crippen LogP contribution is -2.35. The number of hydrogen-bond donors (Lipinski definition) is 3. The summed E-state index contributed by atoms with van der Waals surface area (Å²) in [5.74, 6) is 0.382. The van der Waals surface area contributed by atoms with Crippen molar-refractivity contribution in [1.82, 2.24) is 19.3 Å². The predicted octanol–water partition coefficient (Wildman–Crippen LogP) is 0.120. The number of nitrogens with two attached hydrogens (primary N) is 1. The maximum Gasteiger partial charge on any atom is 0.330 e. The number of H-pyrrole nitrogens is 1. The van der Waals surface area contributed by atoms with Crippen molar-refractivity contribution in [1.29, 1.82) is 0 Å². The molecule has 2 heterocycles. The van der Waals surface area contributed by atoms with Crippen LogP contribution in [0, 0.1) is 5.92 Å². The van der Waals surface area contributed by atoms with Crippen LogP contribution in [0.5, 0.6) is 0 Å². The van der Waals surface area contributed by atoms with Crippen molar-refractivity contribution in [3.05, 3.63) is 38.8 Å². The topological polar surface area (TPSA) is 111 Å². The monoisotopic (exact) mass is 292 g/mol. The summed E-state index contributed by atoms with van der Waals surface area (Å²) < 4.78 is 3.04. The third-order valence-corrected chi connectivity index (χ3v) is 3.00. The summed E-state index contributed by atoms with van der Waals surface area (Å²) in [5, 5.41) is 7.15. The fourth-order valence-electron chi connectivity index (χ4n) is 2.04. The Morgan fingerprint density at radius 3 is 2.71 bits per heavy atom. The van der Waals surface area contributed by atoms with Crippen LogP contribution in [0.3, 0.4) is 0 Å². The average molecular weight is 292 g/mol. The van der Waals surface area contributed by atoms with Crippen molar-refractivity contribution in [2.45, 2.75) is 26.9 Å². The van der Waals surface area contributed by atoms with Crippen LogP contribution < -0.4 is 22.3 Å². The van der Waals surface area contributed by atoms with E-state index in [9.17, 15) is 9.59 Å². The molecule has 8 nitrogen and oxygen atoms in total. The van der Waals surface area contributed by atoms with E-state index in [2.05, 4.69) is 15.4 Å². The minimum absolute atomic E-state index is 0.147. The van der Waals surface area contributed by atoms with Gasteiger partial charge < -0.3 is 11.1 Å². The van der Waals surface area contributed by atoms with Gasteiger partial charge in [0, 0.05) is 19.8 Å². The summed E-state index contributed by atoms with van der Waals surface area (Å²) >= 11 is 0. The minimum atomic E-state index is -0.520. The molecular formula is C13H20N6O2. The van der Waals surface area contributed by atoms with Gasteiger partial charge in [-0.15, -0.1) is 0 Å². The van der Waals surface area contributed by atoms with Gasteiger partial charge in [0.05, 0.1) is 12.2 Å². The molecule has 21 heavy (non-hydrogen) atoms. The van der Waals surface area contributed by atoms with E-state index in [4.69, 9.17) is 5.73 Å². The molecule has 0 fully saturated rings. The Labute approximate surface area is 121 Å². The number of anilines is 2. The van der Waals surface area contributed by atoms with Gasteiger partial charge in [-0.3, -0.25) is 19.0 Å². The number of nitrogen functional groups attached to an aromatic ring is 1. The average Bonchev–Trinajstić information content (AvgIpc) is 2.80. The number of aromatic amines is 1. The standard InChI is InChI=1S/C13H20N6O2/c1-8(2)7-19-11(14)10(12(20)16-13(19)21)15-6-9-4-5-18(3)17-9/h4-5,8,15H,6-7,14H2,1-3H3,(H,16,20,21). The highest BCUT2D eigenvalue weighted by Crippen LogP contribution is 2.12. The third kappa shape index (κ3) is 3.33. The van der Waals surface area contributed by atoms with E-state index in [1.165, 1.54) is 4.57 Å². The molecule has 0 aliphatic heterocycles. The van der Waals surface area contributed by atoms with E-state index in [0.29, 0.717) is 13.1 Å². The SMILES string of the molecule is CC(C)Cn1c(N)c(NCc2ccn(C)n2)c(=O)[nH]c1=O. The van der Waals surface area contributed by atoms with E-state index in [1.54, 1.807) is 4.68 Å². The zero-order valence-electron chi connectivity index (χ0n) is 12.4. The highest BCUT2D eigenvalue weighted by Gasteiger charge is 2.13. The number of rotatable bonds is 5. The van der Waals surface area contributed by atoms with Crippen molar-refractivity contribution in [2.24, 2.45) is 13.0 Å². The molecule has 0 spiro atoms. The Morgan fingerprint density at radius 2 is 2.14 bits per heavy atom. The lowest BCUT2D eigenvalue weighted by molar-refractivity contribution is 0.508. The Morgan fingerprint density at radius 1 is 1.43 bits per heavy atom. The van der Waals surface area contributed by atoms with E-state index in [-0.39, 0.29) is 17.4 Å². The predicted molar refractivity (Wildman–Crippen MR) is 81.1 cm³/mol. The summed E-state index contributed by atoms with van der Waals surface area (Å²) in [4.78, 5) is 26.0. The molecule has 0 saturated carbocycles. The first-order valence-corrected chi connectivity index (χ1v) is 6.73. The van der Waals surface area contributed by atoms with Gasteiger partial charge in [0.25, 0.3) is 5.56 Å². The van der Waals surface area contributed by atoms with Gasteiger partial charge in [-0.2, -0.15) is 5.10 Å². The molecule has 2 rings (SSSR count).